The number of carbonyl (C=O) groups excluding carboxylic acids is 1. The molecule has 0 bridgehead atoms. The van der Waals surface area contributed by atoms with Crippen molar-refractivity contribution in [2.45, 2.75) is 11.8 Å². The Balaban J connectivity index is 3.67. The van der Waals surface area contributed by atoms with Gasteiger partial charge in [-0.2, -0.15) is 8.42 Å². The van der Waals surface area contributed by atoms with Gasteiger partial charge in [0.1, 0.15) is 0 Å². The molecule has 0 heterocycles. The molecule has 0 unspecified atom stereocenters. The van der Waals surface area contributed by atoms with E-state index >= 15 is 0 Å². The van der Waals surface area contributed by atoms with Crippen LogP contribution in [0.15, 0.2) is 22.1 Å². The molecule has 0 saturated heterocycles. The SMILES string of the molecule is COC(=O)c1cc(S(=O)(=O)F)cc(N=[N+]=[N-])c1C. The summed E-state index contributed by atoms with van der Waals surface area (Å²) in [6.07, 6.45) is 0. The molecule has 0 aliphatic rings. The molecule has 0 saturated carbocycles. The molecular weight excluding hydrogens is 265 g/mol. The standard InChI is InChI=1S/C9H8FN3O4S/c1-5-7(9(14)17-2)3-6(18(10,15)16)4-8(5)12-13-11/h3-4H,1-2H3. The molecule has 9 heteroatoms. The molecule has 0 spiro atoms. The molecule has 0 aliphatic carbocycles. The lowest BCUT2D eigenvalue weighted by Gasteiger charge is -2.08. The van der Waals surface area contributed by atoms with Gasteiger partial charge in [0.15, 0.2) is 0 Å². The monoisotopic (exact) mass is 273 g/mol. The van der Waals surface area contributed by atoms with Gasteiger partial charge in [-0.1, -0.05) is 5.11 Å². The molecular formula is C9H8FN3O4S. The summed E-state index contributed by atoms with van der Waals surface area (Å²) >= 11 is 0. The van der Waals surface area contributed by atoms with E-state index < -0.39 is 21.1 Å². The van der Waals surface area contributed by atoms with Crippen molar-refractivity contribution >= 4 is 21.9 Å². The molecule has 7 nitrogen and oxygen atoms in total. The largest absolute Gasteiger partial charge is 0.465 e. The van der Waals surface area contributed by atoms with E-state index in [2.05, 4.69) is 14.8 Å². The lowest BCUT2D eigenvalue weighted by atomic mass is 10.1. The van der Waals surface area contributed by atoms with Crippen LogP contribution in [0.5, 0.6) is 0 Å². The number of benzene rings is 1. The average molecular weight is 273 g/mol. The average Bonchev–Trinajstić information content (AvgIpc) is 2.29. The molecule has 0 fully saturated rings. The first-order valence-corrected chi connectivity index (χ1v) is 5.92. The van der Waals surface area contributed by atoms with Crippen molar-refractivity contribution in [2.75, 3.05) is 7.11 Å². The minimum absolute atomic E-state index is 0.156. The van der Waals surface area contributed by atoms with Crippen molar-refractivity contribution in [1.29, 1.82) is 0 Å². The second kappa shape index (κ2) is 5.03. The first kappa shape index (κ1) is 13.9. The van der Waals surface area contributed by atoms with Crippen molar-refractivity contribution in [2.24, 2.45) is 5.11 Å². The van der Waals surface area contributed by atoms with Gasteiger partial charge in [0.2, 0.25) is 0 Å². The van der Waals surface area contributed by atoms with E-state index in [9.17, 15) is 17.1 Å². The lowest BCUT2D eigenvalue weighted by Crippen LogP contribution is -2.06. The second-order valence-electron chi connectivity index (χ2n) is 3.23. The lowest BCUT2D eigenvalue weighted by molar-refractivity contribution is 0.0599. The summed E-state index contributed by atoms with van der Waals surface area (Å²) in [5.74, 6) is -0.854. The summed E-state index contributed by atoms with van der Waals surface area (Å²) in [6, 6.07) is 1.67. The highest BCUT2D eigenvalue weighted by atomic mass is 32.3. The van der Waals surface area contributed by atoms with Gasteiger partial charge in [-0.25, -0.2) is 4.79 Å². The summed E-state index contributed by atoms with van der Waals surface area (Å²) in [4.78, 5) is 13.1. The number of ether oxygens (including phenoxy) is 1. The smallest absolute Gasteiger partial charge is 0.338 e. The maximum atomic E-state index is 12.9. The number of carbonyl (C=O) groups is 1. The summed E-state index contributed by atoms with van der Waals surface area (Å²) in [7, 11) is -3.93. The summed E-state index contributed by atoms with van der Waals surface area (Å²) in [5, 5.41) is 3.20. The van der Waals surface area contributed by atoms with Gasteiger partial charge in [0.25, 0.3) is 0 Å². The van der Waals surface area contributed by atoms with Crippen LogP contribution in [0.2, 0.25) is 0 Å². The van der Waals surface area contributed by atoms with Crippen LogP contribution in [-0.4, -0.2) is 21.5 Å². The predicted octanol–water partition coefficient (Wildman–Crippen LogP) is 2.38. The van der Waals surface area contributed by atoms with Crippen molar-refractivity contribution in [1.82, 2.24) is 0 Å². The van der Waals surface area contributed by atoms with Crippen molar-refractivity contribution in [3.05, 3.63) is 33.7 Å². The maximum absolute atomic E-state index is 12.9. The van der Waals surface area contributed by atoms with E-state index in [0.29, 0.717) is 0 Å². The fourth-order valence-electron chi connectivity index (χ4n) is 1.29. The van der Waals surface area contributed by atoms with Crippen molar-refractivity contribution in [3.8, 4) is 0 Å². The third-order valence-corrected chi connectivity index (χ3v) is 2.99. The number of methoxy groups -OCH3 is 1. The highest BCUT2D eigenvalue weighted by Crippen LogP contribution is 2.28. The zero-order valence-corrected chi connectivity index (χ0v) is 10.2. The van der Waals surface area contributed by atoms with Crippen LogP contribution in [-0.2, 0) is 15.0 Å². The second-order valence-corrected chi connectivity index (χ2v) is 4.58. The van der Waals surface area contributed by atoms with Crippen LogP contribution < -0.4 is 0 Å². The van der Waals surface area contributed by atoms with Gasteiger partial charge in [-0.3, -0.25) is 0 Å². The van der Waals surface area contributed by atoms with E-state index in [1.165, 1.54) is 6.92 Å². The number of halogens is 1. The first-order valence-electron chi connectivity index (χ1n) is 4.54. The third kappa shape index (κ3) is 2.76. The molecule has 0 atom stereocenters. The topological polar surface area (TPSA) is 109 Å². The van der Waals surface area contributed by atoms with Gasteiger partial charge in [0, 0.05) is 10.6 Å². The van der Waals surface area contributed by atoms with E-state index in [0.717, 1.165) is 19.2 Å². The Bertz CT molecular complexity index is 650. The van der Waals surface area contributed by atoms with Crippen LogP contribution >= 0.6 is 0 Å². The highest BCUT2D eigenvalue weighted by Gasteiger charge is 2.20. The van der Waals surface area contributed by atoms with Gasteiger partial charge in [-0.05, 0) is 30.2 Å². The van der Waals surface area contributed by atoms with Crippen molar-refractivity contribution < 1.29 is 21.8 Å². The molecule has 1 aromatic rings. The Morgan fingerprint density at radius 3 is 2.56 bits per heavy atom. The Morgan fingerprint density at radius 1 is 1.50 bits per heavy atom. The molecule has 0 radical (unpaired) electrons. The van der Waals surface area contributed by atoms with E-state index in [1.807, 2.05) is 0 Å². The quantitative estimate of drug-likeness (QED) is 0.277. The van der Waals surface area contributed by atoms with Crippen molar-refractivity contribution in [3.63, 3.8) is 0 Å². The number of hydrogen-bond acceptors (Lipinski definition) is 5. The predicted molar refractivity (Wildman–Crippen MR) is 59.6 cm³/mol. The molecule has 0 amide bonds. The minimum Gasteiger partial charge on any atom is -0.465 e. The van der Waals surface area contributed by atoms with Crippen LogP contribution in [0, 0.1) is 6.92 Å². The number of rotatable bonds is 3. The Kier molecular flexibility index (Phi) is 3.89. The molecule has 0 N–H and O–H groups in total. The van der Waals surface area contributed by atoms with Gasteiger partial charge in [-0.15, -0.1) is 3.89 Å². The molecule has 1 rings (SSSR count). The van der Waals surface area contributed by atoms with Crippen LogP contribution in [0.1, 0.15) is 15.9 Å². The number of nitrogens with zero attached hydrogens (tertiary/aromatic N) is 3. The maximum Gasteiger partial charge on any atom is 0.338 e. The van der Waals surface area contributed by atoms with Gasteiger partial charge in [0.05, 0.1) is 17.6 Å². The number of esters is 1. The Hall–Kier alpha value is -2.12. The Labute approximate surface area is 102 Å². The fraction of sp³-hybridized carbons (Fsp3) is 0.222. The molecule has 1 aromatic carbocycles. The number of azide groups is 1. The molecule has 96 valence electrons. The van der Waals surface area contributed by atoms with E-state index in [4.69, 9.17) is 5.53 Å². The van der Waals surface area contributed by atoms with Gasteiger partial charge < -0.3 is 4.74 Å². The normalized spacial score (nSPS) is 10.6. The molecule has 18 heavy (non-hydrogen) atoms. The third-order valence-electron chi connectivity index (χ3n) is 2.19. The van der Waals surface area contributed by atoms with E-state index in [-0.39, 0.29) is 16.8 Å². The van der Waals surface area contributed by atoms with E-state index in [1.54, 1.807) is 0 Å². The molecule has 0 aromatic heterocycles. The summed E-state index contributed by atoms with van der Waals surface area (Å²) in [5.41, 5.74) is 8.19. The minimum atomic E-state index is -5.02. The molecule has 0 aliphatic heterocycles. The summed E-state index contributed by atoms with van der Waals surface area (Å²) < 4.78 is 39.0. The zero-order chi connectivity index (χ0) is 13.9. The number of hydrogen-bond donors (Lipinski definition) is 0. The van der Waals surface area contributed by atoms with Gasteiger partial charge >= 0.3 is 16.2 Å². The zero-order valence-electron chi connectivity index (χ0n) is 9.42. The highest BCUT2D eigenvalue weighted by molar-refractivity contribution is 7.86. The Morgan fingerprint density at radius 2 is 2.11 bits per heavy atom. The van der Waals surface area contributed by atoms with Crippen LogP contribution in [0.4, 0.5) is 9.57 Å². The fourth-order valence-corrected chi connectivity index (χ4v) is 1.80. The summed E-state index contributed by atoms with van der Waals surface area (Å²) in [6.45, 7) is 1.42. The van der Waals surface area contributed by atoms with Crippen LogP contribution in [0.3, 0.4) is 0 Å². The van der Waals surface area contributed by atoms with Crippen LogP contribution in [0.25, 0.3) is 10.4 Å². The first-order chi connectivity index (χ1) is 8.31.